The van der Waals surface area contributed by atoms with Gasteiger partial charge in [-0.25, -0.2) is 0 Å². The number of likely N-dealkylation sites (N-methyl/N-ethyl adjacent to an activating group) is 1. The van der Waals surface area contributed by atoms with Crippen LogP contribution in [-0.2, 0) is 9.53 Å². The van der Waals surface area contributed by atoms with E-state index in [1.165, 1.54) is 4.43 Å². The summed E-state index contributed by atoms with van der Waals surface area (Å²) in [6, 6.07) is 0. The first-order valence-corrected chi connectivity index (χ1v) is 7.14. The fraction of sp³-hybridized carbons (Fsp3) is 0.700. The van der Waals surface area contributed by atoms with Gasteiger partial charge >= 0.3 is 97.3 Å². The third kappa shape index (κ3) is 6.37. The zero-order chi connectivity index (χ0) is 11.2. The van der Waals surface area contributed by atoms with E-state index in [1.807, 2.05) is 0 Å². The first-order chi connectivity index (χ1) is 6.39. The first-order valence-electron chi connectivity index (χ1n) is 4.65. The molecule has 0 aliphatic carbocycles. The number of carbonyl (C=O) groups is 1. The van der Waals surface area contributed by atoms with E-state index in [4.69, 9.17) is 4.74 Å². The third-order valence-electron chi connectivity index (χ3n) is 1.65. The van der Waals surface area contributed by atoms with Crippen LogP contribution in [0, 0.1) is 0 Å². The number of nitrogens with zero attached hydrogens (tertiary/aromatic N) is 1. The minimum absolute atomic E-state index is 0.157. The molecule has 0 rings (SSSR count). The molecule has 0 fully saturated rings. The number of carbonyl (C=O) groups excluding carboxylic acids is 1. The molecule has 0 atom stereocenters. The Kier molecular flexibility index (Phi) is 6.35. The van der Waals surface area contributed by atoms with Crippen molar-refractivity contribution in [2.24, 2.45) is 0 Å². The number of halogens is 1. The SMILES string of the molecule is C=C(C)C(=O)OCC[N+](C)(C)[I-]CC. The van der Waals surface area contributed by atoms with E-state index >= 15 is 0 Å². The van der Waals surface area contributed by atoms with E-state index in [-0.39, 0.29) is 27.4 Å². The van der Waals surface area contributed by atoms with Gasteiger partial charge in [0.05, 0.1) is 0 Å². The van der Waals surface area contributed by atoms with E-state index in [0.29, 0.717) is 12.2 Å². The number of alkyl halides is 1. The zero-order valence-electron chi connectivity index (χ0n) is 9.47. The molecule has 0 radical (unpaired) electrons. The summed E-state index contributed by atoms with van der Waals surface area (Å²) in [6.45, 7) is 8.80. The van der Waals surface area contributed by atoms with Gasteiger partial charge < -0.3 is 0 Å². The quantitative estimate of drug-likeness (QED) is 0.190. The predicted octanol–water partition coefficient (Wildman–Crippen LogP) is -1.79. The Morgan fingerprint density at radius 2 is 2.07 bits per heavy atom. The molecule has 4 heteroatoms. The summed E-state index contributed by atoms with van der Waals surface area (Å²) < 4.78 is 7.30. The van der Waals surface area contributed by atoms with E-state index < -0.39 is 0 Å². The summed E-state index contributed by atoms with van der Waals surface area (Å²) in [5.74, 6) is -0.278. The van der Waals surface area contributed by atoms with Crippen molar-refractivity contribution in [3.63, 3.8) is 0 Å². The standard InChI is InChI=1S/C10H20INO2/c1-6-11-12(4,5)7-8-14-10(13)9(2)3/h2,6-8H2,1,3-5H3. The molecule has 0 spiro atoms. The Bertz CT molecular complexity index is 214. The number of ether oxygens (including phenoxy) is 1. The molecule has 0 aliphatic rings. The van der Waals surface area contributed by atoms with Crippen molar-refractivity contribution in [2.45, 2.75) is 13.8 Å². The zero-order valence-corrected chi connectivity index (χ0v) is 11.6. The molecule has 0 aromatic carbocycles. The Morgan fingerprint density at radius 3 is 2.50 bits per heavy atom. The number of esters is 1. The van der Waals surface area contributed by atoms with E-state index in [2.05, 4.69) is 27.6 Å². The molecular formula is C10H20INO2. The summed E-state index contributed by atoms with van der Waals surface area (Å²) in [7, 11) is 4.37. The summed E-state index contributed by atoms with van der Waals surface area (Å²) in [5, 5.41) is 0. The normalized spacial score (nSPS) is 11.4. The molecule has 14 heavy (non-hydrogen) atoms. The summed E-state index contributed by atoms with van der Waals surface area (Å²) in [5.41, 5.74) is 0.473. The second-order valence-electron chi connectivity index (χ2n) is 3.56. The molecule has 0 saturated heterocycles. The second-order valence-corrected chi connectivity index (χ2v) is 8.38. The maximum atomic E-state index is 11.1. The van der Waals surface area contributed by atoms with Gasteiger partial charge in [0.15, 0.2) is 0 Å². The minimum atomic E-state index is -0.278. The van der Waals surface area contributed by atoms with Crippen molar-refractivity contribution < 1.29 is 33.7 Å². The Hall–Kier alpha value is -0.100. The van der Waals surface area contributed by atoms with E-state index in [1.54, 1.807) is 6.92 Å². The van der Waals surface area contributed by atoms with Crippen LogP contribution < -0.4 is 21.5 Å². The van der Waals surface area contributed by atoms with Crippen LogP contribution in [0.1, 0.15) is 13.8 Å². The molecule has 0 aliphatic heterocycles. The Morgan fingerprint density at radius 1 is 1.50 bits per heavy atom. The van der Waals surface area contributed by atoms with Crippen molar-refractivity contribution in [3.8, 4) is 0 Å². The van der Waals surface area contributed by atoms with Crippen molar-refractivity contribution >= 4 is 5.97 Å². The molecule has 0 aromatic heterocycles. The fourth-order valence-electron chi connectivity index (χ4n) is 0.862. The summed E-state index contributed by atoms with van der Waals surface area (Å²) in [4.78, 5) is 11.1. The molecule has 0 bridgehead atoms. The average molecular weight is 313 g/mol. The van der Waals surface area contributed by atoms with Gasteiger partial charge in [-0.15, -0.1) is 0 Å². The van der Waals surface area contributed by atoms with Crippen LogP contribution in [-0.4, -0.2) is 40.3 Å². The molecule has 0 amide bonds. The molecule has 84 valence electrons. The second kappa shape index (κ2) is 6.40. The molecule has 0 aromatic rings. The van der Waals surface area contributed by atoms with Crippen LogP contribution in [0.15, 0.2) is 12.2 Å². The van der Waals surface area contributed by atoms with E-state index in [9.17, 15) is 4.79 Å². The van der Waals surface area contributed by atoms with Gasteiger partial charge in [-0.05, 0) is 0 Å². The summed E-state index contributed by atoms with van der Waals surface area (Å²) >= 11 is 0.157. The number of quaternary nitrogens is 1. The molecule has 0 unspecified atom stereocenters. The number of rotatable bonds is 6. The van der Waals surface area contributed by atoms with Crippen molar-refractivity contribution in [3.05, 3.63) is 12.2 Å². The first kappa shape index (κ1) is 13.9. The van der Waals surface area contributed by atoms with Crippen molar-refractivity contribution in [1.29, 1.82) is 0 Å². The Labute approximate surface area is 97.3 Å². The van der Waals surface area contributed by atoms with Crippen molar-refractivity contribution in [1.82, 2.24) is 0 Å². The summed E-state index contributed by atoms with van der Waals surface area (Å²) in [6.07, 6.45) is 0. The molecule has 0 heterocycles. The Balaban J connectivity index is 3.73. The van der Waals surface area contributed by atoms with Gasteiger partial charge in [0.25, 0.3) is 0 Å². The average Bonchev–Trinajstić information content (AvgIpc) is 2.03. The van der Waals surface area contributed by atoms with Gasteiger partial charge in [-0.2, -0.15) is 0 Å². The number of hydrogen-bond acceptors (Lipinski definition) is 2. The van der Waals surface area contributed by atoms with Crippen LogP contribution in [0.2, 0.25) is 0 Å². The van der Waals surface area contributed by atoms with E-state index in [0.717, 1.165) is 9.24 Å². The number of hydrogen-bond donors (Lipinski definition) is 0. The molecular weight excluding hydrogens is 293 g/mol. The van der Waals surface area contributed by atoms with Gasteiger partial charge in [0.2, 0.25) is 0 Å². The van der Waals surface area contributed by atoms with Crippen LogP contribution in [0.25, 0.3) is 0 Å². The van der Waals surface area contributed by atoms with Gasteiger partial charge in [-0.1, -0.05) is 0 Å². The monoisotopic (exact) mass is 313 g/mol. The maximum absolute atomic E-state index is 11.1. The van der Waals surface area contributed by atoms with Crippen molar-refractivity contribution in [2.75, 3.05) is 31.7 Å². The predicted molar refractivity (Wildman–Crippen MR) is 53.3 cm³/mol. The third-order valence-corrected chi connectivity index (χ3v) is 4.66. The molecule has 0 saturated carbocycles. The topological polar surface area (TPSA) is 26.3 Å². The van der Waals surface area contributed by atoms with Gasteiger partial charge in [0.1, 0.15) is 0 Å². The van der Waals surface area contributed by atoms with Gasteiger partial charge in [-0.3, -0.25) is 0 Å². The van der Waals surface area contributed by atoms with Crippen LogP contribution in [0.3, 0.4) is 0 Å². The van der Waals surface area contributed by atoms with Crippen LogP contribution >= 0.6 is 0 Å². The van der Waals surface area contributed by atoms with Crippen LogP contribution in [0.5, 0.6) is 0 Å². The fourth-order valence-corrected chi connectivity index (χ4v) is 3.25. The van der Waals surface area contributed by atoms with Crippen LogP contribution in [0.4, 0.5) is 0 Å². The molecule has 3 nitrogen and oxygen atoms in total. The molecule has 0 N–H and O–H groups in total. The van der Waals surface area contributed by atoms with Gasteiger partial charge in [0, 0.05) is 0 Å².